The van der Waals surface area contributed by atoms with Crippen molar-refractivity contribution in [2.45, 2.75) is 58.1 Å². The molecule has 1 aliphatic rings. The van der Waals surface area contributed by atoms with Crippen LogP contribution in [0, 0.1) is 6.92 Å². The van der Waals surface area contributed by atoms with Gasteiger partial charge < -0.3 is 10.1 Å². The monoisotopic (exact) mass is 339 g/mol. The molecular formula is C17H26BrNO. The van der Waals surface area contributed by atoms with Gasteiger partial charge in [0.25, 0.3) is 0 Å². The molecule has 0 aliphatic carbocycles. The molecule has 1 aromatic carbocycles. The molecule has 20 heavy (non-hydrogen) atoms. The lowest BCUT2D eigenvalue weighted by atomic mass is 9.98. The molecule has 1 fully saturated rings. The molecule has 1 heterocycles. The maximum Gasteiger partial charge on any atom is 0.0576 e. The maximum atomic E-state index is 5.75. The summed E-state index contributed by atoms with van der Waals surface area (Å²) in [6.07, 6.45) is 6.43. The van der Waals surface area contributed by atoms with Crippen LogP contribution in [0.5, 0.6) is 0 Å². The van der Waals surface area contributed by atoms with Gasteiger partial charge in [-0.05, 0) is 62.8 Å². The first-order valence-electron chi connectivity index (χ1n) is 7.81. The van der Waals surface area contributed by atoms with Gasteiger partial charge in [0.05, 0.1) is 6.10 Å². The highest BCUT2D eigenvalue weighted by Gasteiger charge is 2.19. The van der Waals surface area contributed by atoms with E-state index < -0.39 is 0 Å². The summed E-state index contributed by atoms with van der Waals surface area (Å²) in [5.41, 5.74) is 2.68. The molecule has 2 unspecified atom stereocenters. The summed E-state index contributed by atoms with van der Waals surface area (Å²) in [7, 11) is 0. The molecule has 112 valence electrons. The zero-order chi connectivity index (χ0) is 14.4. The molecule has 0 saturated carbocycles. The summed E-state index contributed by atoms with van der Waals surface area (Å²) in [5.74, 6) is 0. The highest BCUT2D eigenvalue weighted by atomic mass is 79.9. The van der Waals surface area contributed by atoms with Crippen molar-refractivity contribution < 1.29 is 4.74 Å². The van der Waals surface area contributed by atoms with Gasteiger partial charge in [-0.25, -0.2) is 0 Å². The van der Waals surface area contributed by atoms with E-state index in [4.69, 9.17) is 4.74 Å². The van der Waals surface area contributed by atoms with Crippen LogP contribution < -0.4 is 5.32 Å². The Morgan fingerprint density at radius 3 is 2.95 bits per heavy atom. The average Bonchev–Trinajstić information content (AvgIpc) is 2.95. The SMILES string of the molecule is CCCNC(CCC1CCCO1)c1ccc(C)c(Br)c1. The van der Waals surface area contributed by atoms with E-state index in [2.05, 4.69) is 53.3 Å². The topological polar surface area (TPSA) is 21.3 Å². The second-order valence-electron chi connectivity index (χ2n) is 5.73. The van der Waals surface area contributed by atoms with Crippen LogP contribution in [0.15, 0.2) is 22.7 Å². The summed E-state index contributed by atoms with van der Waals surface area (Å²) >= 11 is 3.65. The third-order valence-electron chi connectivity index (χ3n) is 4.04. The number of rotatable bonds is 7. The van der Waals surface area contributed by atoms with Crippen molar-refractivity contribution >= 4 is 15.9 Å². The Morgan fingerprint density at radius 1 is 1.45 bits per heavy atom. The van der Waals surface area contributed by atoms with Crippen molar-refractivity contribution in [2.24, 2.45) is 0 Å². The van der Waals surface area contributed by atoms with E-state index in [1.54, 1.807) is 0 Å². The number of hydrogen-bond donors (Lipinski definition) is 1. The highest BCUT2D eigenvalue weighted by Crippen LogP contribution is 2.27. The van der Waals surface area contributed by atoms with E-state index in [-0.39, 0.29) is 0 Å². The van der Waals surface area contributed by atoms with Crippen LogP contribution in [0.4, 0.5) is 0 Å². The van der Waals surface area contributed by atoms with E-state index in [0.29, 0.717) is 12.1 Å². The molecule has 1 aromatic rings. The van der Waals surface area contributed by atoms with Crippen molar-refractivity contribution in [3.63, 3.8) is 0 Å². The lowest BCUT2D eigenvalue weighted by molar-refractivity contribution is 0.0996. The lowest BCUT2D eigenvalue weighted by Crippen LogP contribution is -2.23. The predicted molar refractivity (Wildman–Crippen MR) is 88.1 cm³/mol. The zero-order valence-corrected chi connectivity index (χ0v) is 14.2. The van der Waals surface area contributed by atoms with E-state index in [9.17, 15) is 0 Å². The molecule has 0 bridgehead atoms. The van der Waals surface area contributed by atoms with Crippen molar-refractivity contribution in [2.75, 3.05) is 13.2 Å². The Kier molecular flexibility index (Phi) is 6.53. The minimum Gasteiger partial charge on any atom is -0.378 e. The van der Waals surface area contributed by atoms with Gasteiger partial charge in [0, 0.05) is 17.1 Å². The van der Waals surface area contributed by atoms with Gasteiger partial charge in [-0.3, -0.25) is 0 Å². The summed E-state index contributed by atoms with van der Waals surface area (Å²) in [6, 6.07) is 7.16. The molecule has 2 nitrogen and oxygen atoms in total. The normalized spacial score (nSPS) is 20.2. The molecule has 1 N–H and O–H groups in total. The van der Waals surface area contributed by atoms with Crippen LogP contribution >= 0.6 is 15.9 Å². The standard InChI is InChI=1S/C17H26BrNO/c1-3-10-19-17(9-8-15-5-4-11-20-15)14-7-6-13(2)16(18)12-14/h6-7,12,15,17,19H,3-5,8-11H2,1-2H3. The van der Waals surface area contributed by atoms with Crippen molar-refractivity contribution in [1.82, 2.24) is 5.32 Å². The summed E-state index contributed by atoms with van der Waals surface area (Å²) in [5, 5.41) is 3.68. The molecule has 0 aromatic heterocycles. The molecule has 2 rings (SSSR count). The first-order valence-corrected chi connectivity index (χ1v) is 8.61. The van der Waals surface area contributed by atoms with Crippen LogP contribution in [0.25, 0.3) is 0 Å². The fourth-order valence-corrected chi connectivity index (χ4v) is 3.15. The number of halogens is 1. The largest absolute Gasteiger partial charge is 0.378 e. The fraction of sp³-hybridized carbons (Fsp3) is 0.647. The molecule has 2 atom stereocenters. The Labute approximate surface area is 131 Å². The van der Waals surface area contributed by atoms with Gasteiger partial charge in [-0.2, -0.15) is 0 Å². The molecule has 0 spiro atoms. The average molecular weight is 340 g/mol. The van der Waals surface area contributed by atoms with Gasteiger partial charge in [0.2, 0.25) is 0 Å². The minimum absolute atomic E-state index is 0.441. The lowest BCUT2D eigenvalue weighted by Gasteiger charge is -2.21. The first-order chi connectivity index (χ1) is 9.70. The molecule has 1 saturated heterocycles. The van der Waals surface area contributed by atoms with Crippen molar-refractivity contribution in [3.05, 3.63) is 33.8 Å². The predicted octanol–water partition coefficient (Wildman–Crippen LogP) is 4.76. The second kappa shape index (κ2) is 8.16. The third-order valence-corrected chi connectivity index (χ3v) is 4.89. The quantitative estimate of drug-likeness (QED) is 0.773. The van der Waals surface area contributed by atoms with Gasteiger partial charge in [-0.15, -0.1) is 0 Å². The van der Waals surface area contributed by atoms with E-state index in [1.165, 1.54) is 34.9 Å². The first kappa shape index (κ1) is 16.0. The maximum absolute atomic E-state index is 5.75. The van der Waals surface area contributed by atoms with Crippen molar-refractivity contribution in [3.8, 4) is 0 Å². The Morgan fingerprint density at radius 2 is 2.30 bits per heavy atom. The van der Waals surface area contributed by atoms with E-state index >= 15 is 0 Å². The third kappa shape index (κ3) is 4.57. The zero-order valence-electron chi connectivity index (χ0n) is 12.6. The number of benzene rings is 1. The Balaban J connectivity index is 1.99. The number of ether oxygens (including phenoxy) is 1. The summed E-state index contributed by atoms with van der Waals surface area (Å²) in [6.45, 7) is 6.37. The second-order valence-corrected chi connectivity index (χ2v) is 6.58. The van der Waals surface area contributed by atoms with Crippen molar-refractivity contribution in [1.29, 1.82) is 0 Å². The van der Waals surface area contributed by atoms with Crippen LogP contribution in [0.3, 0.4) is 0 Å². The van der Waals surface area contributed by atoms with Gasteiger partial charge in [-0.1, -0.05) is 35.0 Å². The van der Waals surface area contributed by atoms with Crippen LogP contribution in [-0.4, -0.2) is 19.3 Å². The van der Waals surface area contributed by atoms with Crippen LogP contribution in [0.2, 0.25) is 0 Å². The number of aryl methyl sites for hydroxylation is 1. The van der Waals surface area contributed by atoms with Crippen LogP contribution in [-0.2, 0) is 4.74 Å². The molecule has 0 radical (unpaired) electrons. The molecule has 3 heteroatoms. The van der Waals surface area contributed by atoms with Gasteiger partial charge >= 0.3 is 0 Å². The highest BCUT2D eigenvalue weighted by molar-refractivity contribution is 9.10. The summed E-state index contributed by atoms with van der Waals surface area (Å²) in [4.78, 5) is 0. The Hall–Kier alpha value is -0.380. The summed E-state index contributed by atoms with van der Waals surface area (Å²) < 4.78 is 6.95. The fourth-order valence-electron chi connectivity index (χ4n) is 2.76. The van der Waals surface area contributed by atoms with Gasteiger partial charge in [0.15, 0.2) is 0 Å². The Bertz CT molecular complexity index is 415. The van der Waals surface area contributed by atoms with Crippen LogP contribution in [0.1, 0.15) is 56.2 Å². The number of hydrogen-bond acceptors (Lipinski definition) is 2. The molecule has 1 aliphatic heterocycles. The van der Waals surface area contributed by atoms with E-state index in [1.807, 2.05) is 0 Å². The smallest absolute Gasteiger partial charge is 0.0576 e. The van der Waals surface area contributed by atoms with E-state index in [0.717, 1.165) is 26.0 Å². The molecular weight excluding hydrogens is 314 g/mol. The molecule has 0 amide bonds. The minimum atomic E-state index is 0.441. The number of nitrogens with one attached hydrogen (secondary N) is 1. The van der Waals surface area contributed by atoms with Gasteiger partial charge in [0.1, 0.15) is 0 Å².